The minimum atomic E-state index is -4.63. The molecule has 0 radical (unpaired) electrons. The van der Waals surface area contributed by atoms with E-state index in [4.69, 9.17) is 0 Å². The Labute approximate surface area is 265 Å². The van der Waals surface area contributed by atoms with Crippen molar-refractivity contribution in [3.05, 3.63) is 97.0 Å². The fourth-order valence-corrected chi connectivity index (χ4v) is 6.51. The lowest BCUT2D eigenvalue weighted by Crippen LogP contribution is -2.46. The summed E-state index contributed by atoms with van der Waals surface area (Å²) in [5, 5.41) is 4.66. The van der Waals surface area contributed by atoms with Crippen molar-refractivity contribution in [2.75, 3.05) is 13.6 Å². The molecule has 0 saturated heterocycles. The van der Waals surface area contributed by atoms with Gasteiger partial charge in [0.05, 0.1) is 29.7 Å². The van der Waals surface area contributed by atoms with Crippen molar-refractivity contribution in [2.24, 2.45) is 10.9 Å². The number of benzene rings is 2. The summed E-state index contributed by atoms with van der Waals surface area (Å²) in [5.41, 5.74) is 2.50. The maximum absolute atomic E-state index is 14.3. The largest absolute Gasteiger partial charge is 0.417 e. The molecular formula is C32H30BrF3N6O3. The Morgan fingerprint density at radius 2 is 1.82 bits per heavy atom. The van der Waals surface area contributed by atoms with E-state index in [1.807, 2.05) is 24.3 Å². The number of carbonyl (C=O) groups excluding carboxylic acids is 2. The summed E-state index contributed by atoms with van der Waals surface area (Å²) in [4.78, 5) is 47.3. The van der Waals surface area contributed by atoms with Crippen molar-refractivity contribution in [1.29, 1.82) is 0 Å². The van der Waals surface area contributed by atoms with Gasteiger partial charge in [-0.05, 0) is 68.1 Å². The maximum Gasteiger partial charge on any atom is 0.417 e. The number of aromatic nitrogens is 3. The molecule has 4 aromatic rings. The zero-order valence-electron chi connectivity index (χ0n) is 25.0. The Morgan fingerprint density at radius 1 is 1.11 bits per heavy atom. The Hall–Kier alpha value is -4.26. The topological polar surface area (TPSA) is 92.3 Å². The number of rotatable bonds is 5. The van der Waals surface area contributed by atoms with Crippen molar-refractivity contribution in [3.8, 4) is 5.69 Å². The highest BCUT2D eigenvalue weighted by atomic mass is 79.9. The minimum absolute atomic E-state index is 0.00124. The smallest absolute Gasteiger partial charge is 0.330 e. The van der Waals surface area contributed by atoms with Crippen LogP contribution in [-0.4, -0.2) is 61.3 Å². The van der Waals surface area contributed by atoms with E-state index in [0.29, 0.717) is 34.8 Å². The molecule has 0 bridgehead atoms. The van der Waals surface area contributed by atoms with E-state index < -0.39 is 23.7 Å². The number of likely N-dealkylation sites (N-methyl/N-ethyl adjacent to an activating group) is 1. The standard InChI is InChI=1S/C32H30BrF3N6O3/c1-17(2)11-21-14-38-42-26-16-40(30(44)20-7-10-25(33)24(13-20)32(34,35)36)18(3)12-23(26)31(45)41(29(21)42)22-8-5-19(6-9-22)28-37-15-27(43)39(28)4/h5-10,13-14,17-18H,11-12,15-16H2,1-4H3. The summed E-state index contributed by atoms with van der Waals surface area (Å²) in [6.07, 6.45) is -2.08. The lowest BCUT2D eigenvalue weighted by Gasteiger charge is -2.35. The third-order valence-corrected chi connectivity index (χ3v) is 8.98. The van der Waals surface area contributed by atoms with Gasteiger partial charge in [0.2, 0.25) is 5.91 Å². The summed E-state index contributed by atoms with van der Waals surface area (Å²) in [7, 11) is 1.67. The number of carbonyl (C=O) groups is 2. The van der Waals surface area contributed by atoms with Gasteiger partial charge in [-0.1, -0.05) is 29.8 Å². The van der Waals surface area contributed by atoms with Gasteiger partial charge in [-0.2, -0.15) is 18.3 Å². The van der Waals surface area contributed by atoms with Crippen LogP contribution in [-0.2, 0) is 30.4 Å². The fraction of sp³-hybridized carbons (Fsp3) is 0.344. The molecule has 45 heavy (non-hydrogen) atoms. The molecule has 9 nitrogen and oxygen atoms in total. The maximum atomic E-state index is 14.3. The van der Waals surface area contributed by atoms with E-state index in [1.54, 1.807) is 29.3 Å². The van der Waals surface area contributed by atoms with Gasteiger partial charge >= 0.3 is 6.18 Å². The second-order valence-electron chi connectivity index (χ2n) is 11.9. The number of nitrogens with zero attached hydrogens (tertiary/aromatic N) is 6. The average molecular weight is 684 g/mol. The molecule has 0 saturated carbocycles. The molecule has 6 rings (SSSR count). The van der Waals surface area contributed by atoms with Crippen LogP contribution in [0, 0.1) is 5.92 Å². The van der Waals surface area contributed by atoms with Crippen molar-refractivity contribution in [1.82, 2.24) is 24.0 Å². The number of hydrogen-bond donors (Lipinski definition) is 0. The lowest BCUT2D eigenvalue weighted by atomic mass is 9.97. The van der Waals surface area contributed by atoms with Gasteiger partial charge in [-0.3, -0.25) is 28.8 Å². The number of amides is 2. The molecule has 0 spiro atoms. The summed E-state index contributed by atoms with van der Waals surface area (Å²) in [6.45, 7) is 6.00. The molecule has 0 fully saturated rings. The average Bonchev–Trinajstić information content (AvgIpc) is 3.54. The molecule has 4 heterocycles. The van der Waals surface area contributed by atoms with Crippen LogP contribution < -0.4 is 5.56 Å². The van der Waals surface area contributed by atoms with Crippen LogP contribution in [0.2, 0.25) is 0 Å². The monoisotopic (exact) mass is 682 g/mol. The number of amidine groups is 1. The van der Waals surface area contributed by atoms with Gasteiger partial charge in [0, 0.05) is 39.8 Å². The molecule has 2 aliphatic rings. The first kappa shape index (κ1) is 30.8. The molecule has 1 unspecified atom stereocenters. The van der Waals surface area contributed by atoms with Gasteiger partial charge in [0.25, 0.3) is 11.5 Å². The Kier molecular flexibility index (Phi) is 7.70. The van der Waals surface area contributed by atoms with Crippen LogP contribution in [0.4, 0.5) is 13.2 Å². The first-order valence-electron chi connectivity index (χ1n) is 14.5. The Balaban J connectivity index is 1.45. The molecule has 0 aliphatic carbocycles. The number of alkyl halides is 3. The first-order chi connectivity index (χ1) is 21.3. The molecule has 13 heteroatoms. The second-order valence-corrected chi connectivity index (χ2v) is 12.7. The molecule has 1 atom stereocenters. The van der Waals surface area contributed by atoms with Crippen LogP contribution in [0.25, 0.3) is 11.3 Å². The molecule has 0 N–H and O–H groups in total. The van der Waals surface area contributed by atoms with Gasteiger partial charge in [0.15, 0.2) is 0 Å². The second kappa shape index (κ2) is 11.3. The predicted octanol–water partition coefficient (Wildman–Crippen LogP) is 5.27. The van der Waals surface area contributed by atoms with Crippen LogP contribution in [0.1, 0.15) is 59.1 Å². The highest BCUT2D eigenvalue weighted by Crippen LogP contribution is 2.36. The Bertz CT molecular complexity index is 1940. The predicted molar refractivity (Wildman–Crippen MR) is 166 cm³/mol. The molecule has 2 aromatic carbocycles. The first-order valence-corrected chi connectivity index (χ1v) is 15.3. The van der Waals surface area contributed by atoms with Crippen molar-refractivity contribution in [3.63, 3.8) is 0 Å². The third kappa shape index (κ3) is 5.36. The van der Waals surface area contributed by atoms with Gasteiger partial charge in [0.1, 0.15) is 18.0 Å². The minimum Gasteiger partial charge on any atom is -0.330 e. The summed E-state index contributed by atoms with van der Waals surface area (Å²) >= 11 is 2.94. The van der Waals surface area contributed by atoms with E-state index in [0.717, 1.165) is 17.2 Å². The Morgan fingerprint density at radius 3 is 2.44 bits per heavy atom. The summed E-state index contributed by atoms with van der Waals surface area (Å²) in [6, 6.07) is 10.2. The highest BCUT2D eigenvalue weighted by Gasteiger charge is 2.36. The SMILES string of the molecule is CC(C)Cc1cnn2c3c(c(=O)n(-c4ccc(C5=NCC(=O)N5C)cc4)c12)CC(C)N(C(=O)c1ccc(Br)c(C(F)(F)F)c1)C3. The highest BCUT2D eigenvalue weighted by molar-refractivity contribution is 9.10. The van der Waals surface area contributed by atoms with Crippen LogP contribution in [0.3, 0.4) is 0 Å². The molecular weight excluding hydrogens is 653 g/mol. The molecule has 2 amide bonds. The van der Waals surface area contributed by atoms with Crippen LogP contribution in [0.15, 0.2) is 62.9 Å². The van der Waals surface area contributed by atoms with Gasteiger partial charge in [-0.15, -0.1) is 0 Å². The van der Waals surface area contributed by atoms with Crippen molar-refractivity contribution in [2.45, 2.75) is 52.4 Å². The van der Waals surface area contributed by atoms with E-state index in [1.165, 1.54) is 21.9 Å². The zero-order chi connectivity index (χ0) is 32.4. The summed E-state index contributed by atoms with van der Waals surface area (Å²) in [5.74, 6) is 0.159. The molecule has 2 aromatic heterocycles. The van der Waals surface area contributed by atoms with Crippen molar-refractivity contribution >= 4 is 39.2 Å². The number of fused-ring (bicyclic) bond motifs is 3. The summed E-state index contributed by atoms with van der Waals surface area (Å²) < 4.78 is 44.0. The lowest BCUT2D eigenvalue weighted by molar-refractivity contribution is -0.138. The van der Waals surface area contributed by atoms with E-state index in [2.05, 4.69) is 39.9 Å². The van der Waals surface area contributed by atoms with E-state index >= 15 is 0 Å². The van der Waals surface area contributed by atoms with E-state index in [9.17, 15) is 27.6 Å². The number of halogens is 4. The van der Waals surface area contributed by atoms with Crippen molar-refractivity contribution < 1.29 is 22.8 Å². The third-order valence-electron chi connectivity index (χ3n) is 8.29. The molecule has 234 valence electrons. The number of hydrogen-bond acceptors (Lipinski definition) is 5. The van der Waals surface area contributed by atoms with Gasteiger partial charge < -0.3 is 4.90 Å². The van der Waals surface area contributed by atoms with Crippen LogP contribution in [0.5, 0.6) is 0 Å². The quantitative estimate of drug-likeness (QED) is 0.287. The van der Waals surface area contributed by atoms with E-state index in [-0.39, 0.29) is 46.9 Å². The normalized spacial score (nSPS) is 17.0. The van der Waals surface area contributed by atoms with Gasteiger partial charge in [-0.25, -0.2) is 4.52 Å². The fourth-order valence-electron chi connectivity index (χ4n) is 6.04. The zero-order valence-corrected chi connectivity index (χ0v) is 26.6. The number of aliphatic imine (C=N–C) groups is 1. The van der Waals surface area contributed by atoms with Crippen LogP contribution >= 0.6 is 15.9 Å². The molecule has 2 aliphatic heterocycles.